The molecule has 3 rings (SSSR count). The lowest BCUT2D eigenvalue weighted by Crippen LogP contribution is -2.40. The van der Waals surface area contributed by atoms with Crippen LogP contribution in [0.25, 0.3) is 0 Å². The van der Waals surface area contributed by atoms with Gasteiger partial charge in [0.25, 0.3) is 0 Å². The molecule has 3 nitrogen and oxygen atoms in total. The Morgan fingerprint density at radius 1 is 1.14 bits per heavy atom. The third kappa shape index (κ3) is 3.18. The van der Waals surface area contributed by atoms with Crippen LogP contribution >= 0.6 is 0 Å². The number of nitrogens with one attached hydrogen (secondary N) is 1. The molecule has 4 atom stereocenters. The van der Waals surface area contributed by atoms with Crippen LogP contribution in [0.2, 0.25) is 0 Å². The summed E-state index contributed by atoms with van der Waals surface area (Å²) in [7, 11) is 1.72. The largest absolute Gasteiger partial charge is 0.497 e. The molecule has 2 aliphatic rings. The van der Waals surface area contributed by atoms with E-state index in [1.54, 1.807) is 7.11 Å². The molecule has 21 heavy (non-hydrogen) atoms. The van der Waals surface area contributed by atoms with Gasteiger partial charge < -0.3 is 14.8 Å². The van der Waals surface area contributed by atoms with Gasteiger partial charge in [0.2, 0.25) is 0 Å². The predicted octanol–water partition coefficient (Wildman–Crippen LogP) is 3.93. The summed E-state index contributed by atoms with van der Waals surface area (Å²) < 4.78 is 11.2. The normalized spacial score (nSPS) is 32.1. The molecule has 0 radical (unpaired) electrons. The van der Waals surface area contributed by atoms with Crippen LogP contribution in [-0.4, -0.2) is 19.8 Å². The number of rotatable bonds is 3. The average molecular weight is 289 g/mol. The smallest absolute Gasteiger partial charge is 0.124 e. The Morgan fingerprint density at radius 3 is 2.76 bits per heavy atom. The van der Waals surface area contributed by atoms with Crippen molar-refractivity contribution in [1.29, 1.82) is 0 Å². The van der Waals surface area contributed by atoms with Crippen LogP contribution in [-0.2, 0) is 0 Å². The zero-order chi connectivity index (χ0) is 14.8. The van der Waals surface area contributed by atoms with Gasteiger partial charge in [-0.25, -0.2) is 0 Å². The van der Waals surface area contributed by atoms with Gasteiger partial charge >= 0.3 is 0 Å². The average Bonchev–Trinajstić information content (AvgIpc) is 2.51. The number of ether oxygens (including phenoxy) is 2. The Bertz CT molecular complexity index is 488. The minimum atomic E-state index is 0.398. The van der Waals surface area contributed by atoms with Crippen LogP contribution in [0.5, 0.6) is 11.5 Å². The number of hydrogen-bond acceptors (Lipinski definition) is 3. The first-order valence-corrected chi connectivity index (χ1v) is 8.24. The third-order valence-corrected chi connectivity index (χ3v) is 5.29. The lowest BCUT2D eigenvalue weighted by atomic mass is 9.78. The maximum atomic E-state index is 5.78. The number of benzene rings is 1. The summed E-state index contributed by atoms with van der Waals surface area (Å²) in [6.07, 6.45) is 4.97. The van der Waals surface area contributed by atoms with E-state index in [-0.39, 0.29) is 0 Å². The van der Waals surface area contributed by atoms with Crippen LogP contribution in [0.4, 0.5) is 0 Å². The summed E-state index contributed by atoms with van der Waals surface area (Å²) in [5.41, 5.74) is 1.26. The second kappa shape index (κ2) is 6.27. The molecule has 1 fully saturated rings. The fourth-order valence-electron chi connectivity index (χ4n) is 3.66. The lowest BCUT2D eigenvalue weighted by molar-refractivity contribution is 0.191. The molecule has 4 unspecified atom stereocenters. The maximum absolute atomic E-state index is 5.78. The van der Waals surface area contributed by atoms with Gasteiger partial charge in [-0.1, -0.05) is 13.8 Å². The molecule has 1 N–H and O–H groups in total. The highest BCUT2D eigenvalue weighted by Gasteiger charge is 2.29. The van der Waals surface area contributed by atoms with Gasteiger partial charge in [0.15, 0.2) is 0 Å². The molecule has 1 heterocycles. The van der Waals surface area contributed by atoms with E-state index in [0.29, 0.717) is 12.1 Å². The molecule has 116 valence electrons. The Balaban J connectivity index is 1.73. The first kappa shape index (κ1) is 14.7. The van der Waals surface area contributed by atoms with E-state index in [9.17, 15) is 0 Å². The van der Waals surface area contributed by atoms with Crippen molar-refractivity contribution >= 4 is 0 Å². The maximum Gasteiger partial charge on any atom is 0.124 e. The van der Waals surface area contributed by atoms with Crippen molar-refractivity contribution in [2.45, 2.75) is 51.6 Å². The van der Waals surface area contributed by atoms with Gasteiger partial charge in [-0.15, -0.1) is 0 Å². The fourth-order valence-corrected chi connectivity index (χ4v) is 3.66. The second-order valence-corrected chi connectivity index (χ2v) is 6.72. The first-order valence-electron chi connectivity index (χ1n) is 8.24. The van der Waals surface area contributed by atoms with Crippen LogP contribution in [0.15, 0.2) is 18.2 Å². The summed E-state index contributed by atoms with van der Waals surface area (Å²) in [6.45, 7) is 5.57. The van der Waals surface area contributed by atoms with Gasteiger partial charge in [-0.2, -0.15) is 0 Å². The fraction of sp³-hybridized carbons (Fsp3) is 0.667. The molecule has 1 aromatic carbocycles. The lowest BCUT2D eigenvalue weighted by Gasteiger charge is -2.36. The number of hydrogen-bond donors (Lipinski definition) is 1. The quantitative estimate of drug-likeness (QED) is 0.914. The Labute approximate surface area is 128 Å². The van der Waals surface area contributed by atoms with E-state index in [0.717, 1.165) is 36.4 Å². The molecule has 1 aliphatic heterocycles. The topological polar surface area (TPSA) is 30.5 Å². The molecule has 1 saturated carbocycles. The van der Waals surface area contributed by atoms with Gasteiger partial charge in [0.1, 0.15) is 11.5 Å². The van der Waals surface area contributed by atoms with Gasteiger partial charge in [-0.3, -0.25) is 0 Å². The van der Waals surface area contributed by atoms with Crippen molar-refractivity contribution in [1.82, 2.24) is 5.32 Å². The van der Waals surface area contributed by atoms with Crippen molar-refractivity contribution in [3.8, 4) is 11.5 Å². The minimum absolute atomic E-state index is 0.398. The standard InChI is InChI=1S/C18H27NO2/c1-12-4-5-14(10-13(12)2)19-17-8-9-21-18-7-6-15(20-3)11-16(17)18/h6-7,11-14,17,19H,4-5,8-10H2,1-3H3. The summed E-state index contributed by atoms with van der Waals surface area (Å²) in [6, 6.07) is 7.17. The number of methoxy groups -OCH3 is 1. The summed E-state index contributed by atoms with van der Waals surface area (Å²) in [5, 5.41) is 3.88. The van der Waals surface area contributed by atoms with Crippen molar-refractivity contribution in [2.75, 3.05) is 13.7 Å². The molecule has 0 bridgehead atoms. The van der Waals surface area contributed by atoms with Crippen molar-refractivity contribution < 1.29 is 9.47 Å². The zero-order valence-electron chi connectivity index (χ0n) is 13.4. The Kier molecular flexibility index (Phi) is 4.39. The van der Waals surface area contributed by atoms with Crippen LogP contribution in [0, 0.1) is 11.8 Å². The van der Waals surface area contributed by atoms with Gasteiger partial charge in [-0.05, 0) is 49.3 Å². The zero-order valence-corrected chi connectivity index (χ0v) is 13.4. The predicted molar refractivity (Wildman–Crippen MR) is 84.9 cm³/mol. The highest BCUT2D eigenvalue weighted by molar-refractivity contribution is 5.43. The highest BCUT2D eigenvalue weighted by Crippen LogP contribution is 2.37. The minimum Gasteiger partial charge on any atom is -0.497 e. The van der Waals surface area contributed by atoms with Gasteiger partial charge in [0, 0.05) is 24.1 Å². The molecule has 0 spiro atoms. The third-order valence-electron chi connectivity index (χ3n) is 5.29. The summed E-state index contributed by atoms with van der Waals surface area (Å²) in [5.74, 6) is 3.61. The SMILES string of the molecule is COc1ccc2c(c1)C(NC1CCC(C)C(C)C1)CCO2. The molecule has 1 aromatic rings. The molecule has 0 aromatic heterocycles. The van der Waals surface area contributed by atoms with E-state index in [4.69, 9.17) is 9.47 Å². The van der Waals surface area contributed by atoms with Crippen molar-refractivity contribution in [2.24, 2.45) is 11.8 Å². The summed E-state index contributed by atoms with van der Waals surface area (Å²) in [4.78, 5) is 0. The molecule has 0 amide bonds. The summed E-state index contributed by atoms with van der Waals surface area (Å²) >= 11 is 0. The number of fused-ring (bicyclic) bond motifs is 1. The van der Waals surface area contributed by atoms with E-state index in [2.05, 4.69) is 25.2 Å². The van der Waals surface area contributed by atoms with Crippen LogP contribution in [0.3, 0.4) is 0 Å². The van der Waals surface area contributed by atoms with E-state index >= 15 is 0 Å². The Hall–Kier alpha value is -1.22. The molecular weight excluding hydrogens is 262 g/mol. The Morgan fingerprint density at radius 2 is 2.00 bits per heavy atom. The van der Waals surface area contributed by atoms with Gasteiger partial charge in [0.05, 0.1) is 13.7 Å². The van der Waals surface area contributed by atoms with E-state index in [1.165, 1.54) is 24.8 Å². The van der Waals surface area contributed by atoms with E-state index in [1.807, 2.05) is 12.1 Å². The molecule has 1 aliphatic carbocycles. The van der Waals surface area contributed by atoms with Crippen molar-refractivity contribution in [3.05, 3.63) is 23.8 Å². The van der Waals surface area contributed by atoms with Crippen LogP contribution < -0.4 is 14.8 Å². The highest BCUT2D eigenvalue weighted by atomic mass is 16.5. The van der Waals surface area contributed by atoms with Crippen LogP contribution in [0.1, 0.15) is 51.1 Å². The molecule has 0 saturated heterocycles. The first-order chi connectivity index (χ1) is 10.2. The monoisotopic (exact) mass is 289 g/mol. The molecule has 3 heteroatoms. The second-order valence-electron chi connectivity index (χ2n) is 6.72. The van der Waals surface area contributed by atoms with E-state index < -0.39 is 0 Å². The molecular formula is C18H27NO2. The van der Waals surface area contributed by atoms with Crippen molar-refractivity contribution in [3.63, 3.8) is 0 Å².